The van der Waals surface area contributed by atoms with Gasteiger partial charge in [0.15, 0.2) is 5.54 Å². The SMILES string of the molecule is CC(C)(C(=O)O)n1cc(NC(=O)c2cc(F)ccc2NS(C)(=O)=O)cn1. The van der Waals surface area contributed by atoms with E-state index >= 15 is 0 Å². The van der Waals surface area contributed by atoms with Crippen molar-refractivity contribution in [3.05, 3.63) is 42.0 Å². The van der Waals surface area contributed by atoms with Crippen LogP contribution < -0.4 is 10.0 Å². The summed E-state index contributed by atoms with van der Waals surface area (Å²) in [6.45, 7) is 2.85. The minimum Gasteiger partial charge on any atom is -0.479 e. The number of halogens is 1. The lowest BCUT2D eigenvalue weighted by Crippen LogP contribution is -2.35. The van der Waals surface area contributed by atoms with E-state index in [9.17, 15) is 27.5 Å². The van der Waals surface area contributed by atoms with Crippen LogP contribution in [0.2, 0.25) is 0 Å². The zero-order valence-corrected chi connectivity index (χ0v) is 15.0. The molecule has 1 heterocycles. The number of carbonyl (C=O) groups excluding carboxylic acids is 1. The van der Waals surface area contributed by atoms with Crippen LogP contribution in [0, 0.1) is 5.82 Å². The summed E-state index contributed by atoms with van der Waals surface area (Å²) in [6, 6.07) is 3.02. The first-order chi connectivity index (χ1) is 11.9. The maximum absolute atomic E-state index is 13.5. The molecule has 0 radical (unpaired) electrons. The standard InChI is InChI=1S/C15H17FN4O5S/c1-15(2,14(22)23)20-8-10(7-17-20)18-13(21)11-6-9(16)4-5-12(11)19-26(3,24)25/h4-8,19H,1-3H3,(H,18,21)(H,22,23). The van der Waals surface area contributed by atoms with Crippen molar-refractivity contribution in [1.82, 2.24) is 9.78 Å². The van der Waals surface area contributed by atoms with Gasteiger partial charge in [-0.3, -0.25) is 14.2 Å². The Morgan fingerprint density at radius 3 is 2.54 bits per heavy atom. The summed E-state index contributed by atoms with van der Waals surface area (Å²) >= 11 is 0. The normalized spacial score (nSPS) is 11.8. The van der Waals surface area contributed by atoms with Crippen molar-refractivity contribution in [3.63, 3.8) is 0 Å². The number of nitrogens with one attached hydrogen (secondary N) is 2. The highest BCUT2D eigenvalue weighted by atomic mass is 32.2. The van der Waals surface area contributed by atoms with Gasteiger partial charge in [0.1, 0.15) is 5.82 Å². The molecule has 2 aromatic rings. The molecule has 0 fully saturated rings. The van der Waals surface area contributed by atoms with Crippen molar-refractivity contribution in [2.24, 2.45) is 0 Å². The van der Waals surface area contributed by atoms with Gasteiger partial charge in [0.25, 0.3) is 5.91 Å². The van der Waals surface area contributed by atoms with Gasteiger partial charge in [-0.1, -0.05) is 0 Å². The lowest BCUT2D eigenvalue weighted by molar-refractivity contribution is -0.146. The zero-order valence-electron chi connectivity index (χ0n) is 14.1. The Morgan fingerprint density at radius 1 is 1.31 bits per heavy atom. The highest BCUT2D eigenvalue weighted by molar-refractivity contribution is 7.92. The molecule has 3 N–H and O–H groups in total. The van der Waals surface area contributed by atoms with E-state index in [4.69, 9.17) is 0 Å². The minimum absolute atomic E-state index is 0.0929. The minimum atomic E-state index is -3.68. The lowest BCUT2D eigenvalue weighted by atomic mass is 10.1. The quantitative estimate of drug-likeness (QED) is 0.691. The zero-order chi connectivity index (χ0) is 19.7. The van der Waals surface area contributed by atoms with Gasteiger partial charge in [-0.25, -0.2) is 17.6 Å². The average molecular weight is 384 g/mol. The number of nitrogens with zero attached hydrogens (tertiary/aromatic N) is 2. The van der Waals surface area contributed by atoms with Crippen LogP contribution in [0.25, 0.3) is 0 Å². The predicted molar refractivity (Wildman–Crippen MR) is 92.0 cm³/mol. The van der Waals surface area contributed by atoms with Gasteiger partial charge in [-0.2, -0.15) is 5.10 Å². The van der Waals surface area contributed by atoms with Crippen LogP contribution in [0.15, 0.2) is 30.6 Å². The number of hydrogen-bond acceptors (Lipinski definition) is 5. The smallest absolute Gasteiger partial charge is 0.331 e. The fourth-order valence-electron chi connectivity index (χ4n) is 1.98. The molecule has 0 bridgehead atoms. The molecule has 0 aliphatic rings. The molecule has 140 valence electrons. The third-order valence-electron chi connectivity index (χ3n) is 3.46. The highest BCUT2D eigenvalue weighted by Gasteiger charge is 2.30. The second kappa shape index (κ2) is 6.75. The van der Waals surface area contributed by atoms with E-state index in [0.717, 1.165) is 29.1 Å². The molecule has 0 saturated carbocycles. The summed E-state index contributed by atoms with van der Waals surface area (Å²) in [5, 5.41) is 15.5. The molecular formula is C15H17FN4O5S. The molecule has 11 heteroatoms. The average Bonchev–Trinajstić information content (AvgIpc) is 2.96. The number of carboxylic acids is 1. The number of aliphatic carboxylic acids is 1. The second-order valence-electron chi connectivity index (χ2n) is 6.06. The number of carboxylic acid groups (broad SMARTS) is 1. The number of carbonyl (C=O) groups is 2. The van der Waals surface area contributed by atoms with E-state index in [2.05, 4.69) is 15.1 Å². The summed E-state index contributed by atoms with van der Waals surface area (Å²) in [5.74, 6) is -2.64. The van der Waals surface area contributed by atoms with Gasteiger partial charge < -0.3 is 10.4 Å². The Kier molecular flexibility index (Phi) is 5.03. The summed E-state index contributed by atoms with van der Waals surface area (Å²) in [5.41, 5.74) is -1.51. The molecule has 0 unspecified atom stereocenters. The maximum atomic E-state index is 13.5. The van der Waals surface area contributed by atoms with Crippen molar-refractivity contribution in [2.45, 2.75) is 19.4 Å². The molecule has 1 aromatic heterocycles. The highest BCUT2D eigenvalue weighted by Crippen LogP contribution is 2.21. The molecule has 1 amide bonds. The number of rotatable bonds is 6. The van der Waals surface area contributed by atoms with Gasteiger partial charge in [-0.15, -0.1) is 0 Å². The van der Waals surface area contributed by atoms with E-state index in [0.29, 0.717) is 0 Å². The third kappa shape index (κ3) is 4.36. The first kappa shape index (κ1) is 19.4. The Morgan fingerprint density at radius 2 is 1.96 bits per heavy atom. The van der Waals surface area contributed by atoms with E-state index in [1.54, 1.807) is 0 Å². The van der Waals surface area contributed by atoms with E-state index in [1.165, 1.54) is 26.2 Å². The number of benzene rings is 1. The first-order valence-electron chi connectivity index (χ1n) is 7.27. The van der Waals surface area contributed by atoms with E-state index in [-0.39, 0.29) is 16.9 Å². The van der Waals surface area contributed by atoms with Crippen LogP contribution >= 0.6 is 0 Å². The fraction of sp³-hybridized carbons (Fsp3) is 0.267. The summed E-state index contributed by atoms with van der Waals surface area (Å²) in [7, 11) is -3.68. The van der Waals surface area contributed by atoms with E-state index in [1.807, 2.05) is 0 Å². The topological polar surface area (TPSA) is 130 Å². The molecule has 1 aromatic carbocycles. The lowest BCUT2D eigenvalue weighted by Gasteiger charge is -2.19. The Bertz CT molecular complexity index is 968. The van der Waals surface area contributed by atoms with Gasteiger partial charge in [-0.05, 0) is 32.0 Å². The summed E-state index contributed by atoms with van der Waals surface area (Å²) < 4.78 is 39.6. The number of amides is 1. The van der Waals surface area contributed by atoms with Gasteiger partial charge in [0.2, 0.25) is 10.0 Å². The Hall–Kier alpha value is -2.95. The molecule has 0 aliphatic carbocycles. The van der Waals surface area contributed by atoms with Crippen LogP contribution in [-0.2, 0) is 20.4 Å². The van der Waals surface area contributed by atoms with Crippen molar-refractivity contribution in [1.29, 1.82) is 0 Å². The van der Waals surface area contributed by atoms with Crippen LogP contribution in [0.5, 0.6) is 0 Å². The molecule has 26 heavy (non-hydrogen) atoms. The summed E-state index contributed by atoms with van der Waals surface area (Å²) in [6.07, 6.45) is 3.43. The molecule has 0 atom stereocenters. The van der Waals surface area contributed by atoms with Crippen molar-refractivity contribution in [3.8, 4) is 0 Å². The monoisotopic (exact) mass is 384 g/mol. The van der Waals surface area contributed by atoms with Crippen LogP contribution in [0.1, 0.15) is 24.2 Å². The largest absolute Gasteiger partial charge is 0.479 e. The third-order valence-corrected chi connectivity index (χ3v) is 4.05. The fourth-order valence-corrected chi connectivity index (χ4v) is 2.56. The van der Waals surface area contributed by atoms with Crippen LogP contribution in [-0.4, -0.2) is 41.4 Å². The Balaban J connectivity index is 2.30. The van der Waals surface area contributed by atoms with Gasteiger partial charge in [0.05, 0.1) is 29.4 Å². The van der Waals surface area contributed by atoms with Crippen molar-refractivity contribution >= 4 is 33.3 Å². The number of hydrogen-bond donors (Lipinski definition) is 3. The molecule has 2 rings (SSSR count). The van der Waals surface area contributed by atoms with Crippen LogP contribution in [0.3, 0.4) is 0 Å². The van der Waals surface area contributed by atoms with Gasteiger partial charge in [0, 0.05) is 6.20 Å². The van der Waals surface area contributed by atoms with E-state index < -0.39 is 33.3 Å². The van der Waals surface area contributed by atoms with Crippen molar-refractivity contribution < 1.29 is 27.5 Å². The number of aromatic nitrogens is 2. The number of anilines is 2. The molecule has 0 saturated heterocycles. The Labute approximate surface area is 148 Å². The molecule has 0 aliphatic heterocycles. The van der Waals surface area contributed by atoms with Crippen molar-refractivity contribution in [2.75, 3.05) is 16.3 Å². The predicted octanol–water partition coefficient (Wildman–Crippen LogP) is 1.47. The number of sulfonamides is 1. The first-order valence-corrected chi connectivity index (χ1v) is 9.16. The molecule has 9 nitrogen and oxygen atoms in total. The summed E-state index contributed by atoms with van der Waals surface area (Å²) in [4.78, 5) is 23.6. The maximum Gasteiger partial charge on any atom is 0.331 e. The van der Waals surface area contributed by atoms with Crippen LogP contribution in [0.4, 0.5) is 15.8 Å². The molecular weight excluding hydrogens is 367 g/mol. The second-order valence-corrected chi connectivity index (χ2v) is 7.80. The van der Waals surface area contributed by atoms with Gasteiger partial charge >= 0.3 is 5.97 Å². The molecule has 0 spiro atoms.